The third kappa shape index (κ3) is 6.79. The summed E-state index contributed by atoms with van der Waals surface area (Å²) in [6.07, 6.45) is -9.16. The first kappa shape index (κ1) is 20.5. The summed E-state index contributed by atoms with van der Waals surface area (Å²) in [7, 11) is 0. The summed E-state index contributed by atoms with van der Waals surface area (Å²) in [6.45, 7) is 1.85. The Morgan fingerprint density at radius 3 is 2.26 bits per heavy atom. The van der Waals surface area contributed by atoms with E-state index in [-0.39, 0.29) is 23.6 Å². The highest BCUT2D eigenvalue weighted by atomic mass is 19.4. The number of aromatic nitrogens is 3. The van der Waals surface area contributed by atoms with Gasteiger partial charge in [-0.2, -0.15) is 41.3 Å². The van der Waals surface area contributed by atoms with Gasteiger partial charge in [-0.25, -0.2) is 0 Å². The molecule has 2 aromatic rings. The van der Waals surface area contributed by atoms with Crippen LogP contribution in [0.3, 0.4) is 0 Å². The molecule has 2 N–H and O–H groups in total. The van der Waals surface area contributed by atoms with Crippen molar-refractivity contribution in [2.75, 3.05) is 17.2 Å². The van der Waals surface area contributed by atoms with Crippen LogP contribution in [0.15, 0.2) is 24.3 Å². The van der Waals surface area contributed by atoms with Crippen molar-refractivity contribution >= 4 is 17.6 Å². The van der Waals surface area contributed by atoms with Crippen LogP contribution in [-0.2, 0) is 6.18 Å². The lowest BCUT2D eigenvalue weighted by Crippen LogP contribution is -2.21. The molecular formula is C15H15F6N5O. The molecule has 1 aromatic heterocycles. The molecule has 0 bridgehead atoms. The van der Waals surface area contributed by atoms with Crippen molar-refractivity contribution in [3.63, 3.8) is 0 Å². The van der Waals surface area contributed by atoms with Crippen LogP contribution in [0, 0.1) is 0 Å². The van der Waals surface area contributed by atoms with Gasteiger partial charge in [0.05, 0.1) is 5.56 Å². The Balaban J connectivity index is 2.29. The molecule has 0 aliphatic heterocycles. The van der Waals surface area contributed by atoms with E-state index in [1.807, 2.05) is 0 Å². The summed E-state index contributed by atoms with van der Waals surface area (Å²) in [6, 6.07) is 3.40. The smallest absolute Gasteiger partial charge is 0.422 e. The molecule has 0 spiro atoms. The Morgan fingerprint density at radius 2 is 1.67 bits per heavy atom. The van der Waals surface area contributed by atoms with Gasteiger partial charge >= 0.3 is 18.4 Å². The van der Waals surface area contributed by atoms with Gasteiger partial charge in [-0.3, -0.25) is 0 Å². The maximum Gasteiger partial charge on any atom is 0.422 e. The van der Waals surface area contributed by atoms with E-state index in [1.54, 1.807) is 13.8 Å². The second-order valence-electron chi connectivity index (χ2n) is 5.67. The molecule has 6 nitrogen and oxygen atoms in total. The average Bonchev–Trinajstić information content (AvgIpc) is 2.51. The maximum absolute atomic E-state index is 12.8. The Hall–Kier alpha value is -2.79. The van der Waals surface area contributed by atoms with Crippen LogP contribution in [-0.4, -0.2) is 33.8 Å². The standard InChI is InChI=1S/C15H15F6N5O/c1-8(2)22-11-24-12(26-13(25-11)27-7-14(16,17)18)23-10-5-3-4-9(6-10)15(19,20)21/h3-6,8H,7H2,1-2H3,(H2,22,23,24,25,26). The van der Waals surface area contributed by atoms with Gasteiger partial charge in [0.15, 0.2) is 6.61 Å². The minimum Gasteiger partial charge on any atom is -0.454 e. The molecule has 0 amide bonds. The molecule has 1 aromatic carbocycles. The van der Waals surface area contributed by atoms with Crippen LogP contribution in [0.4, 0.5) is 43.9 Å². The summed E-state index contributed by atoms with van der Waals surface area (Å²) in [5.41, 5.74) is -0.913. The number of hydrogen-bond acceptors (Lipinski definition) is 6. The lowest BCUT2D eigenvalue weighted by molar-refractivity contribution is -0.154. The van der Waals surface area contributed by atoms with Crippen molar-refractivity contribution in [1.29, 1.82) is 0 Å². The molecule has 2 rings (SSSR count). The molecule has 0 saturated carbocycles. The van der Waals surface area contributed by atoms with Crippen molar-refractivity contribution < 1.29 is 31.1 Å². The second-order valence-corrected chi connectivity index (χ2v) is 5.67. The molecule has 0 unspecified atom stereocenters. The van der Waals surface area contributed by atoms with Gasteiger partial charge in [-0.05, 0) is 32.0 Å². The molecule has 0 radical (unpaired) electrons. The van der Waals surface area contributed by atoms with E-state index in [1.165, 1.54) is 12.1 Å². The summed E-state index contributed by atoms with van der Waals surface area (Å²) in [5, 5.41) is 5.26. The highest BCUT2D eigenvalue weighted by Gasteiger charge is 2.31. The number of nitrogens with one attached hydrogen (secondary N) is 2. The lowest BCUT2D eigenvalue weighted by Gasteiger charge is -2.14. The van der Waals surface area contributed by atoms with E-state index in [9.17, 15) is 26.3 Å². The minimum atomic E-state index is -4.60. The van der Waals surface area contributed by atoms with Crippen LogP contribution in [0.2, 0.25) is 0 Å². The van der Waals surface area contributed by atoms with E-state index >= 15 is 0 Å². The zero-order valence-corrected chi connectivity index (χ0v) is 14.1. The molecule has 148 valence electrons. The Labute approximate surface area is 150 Å². The first-order chi connectivity index (χ1) is 12.4. The van der Waals surface area contributed by atoms with E-state index in [0.29, 0.717) is 0 Å². The van der Waals surface area contributed by atoms with Crippen LogP contribution < -0.4 is 15.4 Å². The third-order valence-electron chi connectivity index (χ3n) is 2.84. The second kappa shape index (κ2) is 7.84. The van der Waals surface area contributed by atoms with Crippen LogP contribution in [0.25, 0.3) is 0 Å². The highest BCUT2D eigenvalue weighted by molar-refractivity contribution is 5.55. The zero-order valence-electron chi connectivity index (χ0n) is 14.1. The van der Waals surface area contributed by atoms with Gasteiger partial charge in [-0.15, -0.1) is 0 Å². The fraction of sp³-hybridized carbons (Fsp3) is 0.400. The maximum atomic E-state index is 12.8. The Kier molecular flexibility index (Phi) is 5.96. The summed E-state index contributed by atoms with van der Waals surface area (Å²) in [4.78, 5) is 11.3. The van der Waals surface area contributed by atoms with Gasteiger partial charge in [0, 0.05) is 11.7 Å². The molecule has 12 heteroatoms. The molecule has 0 atom stereocenters. The first-order valence-electron chi connectivity index (χ1n) is 7.59. The number of anilines is 3. The normalized spacial score (nSPS) is 12.2. The van der Waals surface area contributed by atoms with Crippen molar-refractivity contribution in [3.05, 3.63) is 29.8 Å². The van der Waals surface area contributed by atoms with Crippen molar-refractivity contribution in [2.24, 2.45) is 0 Å². The summed E-state index contributed by atoms with van der Waals surface area (Å²) >= 11 is 0. The van der Waals surface area contributed by atoms with Crippen LogP contribution in [0.5, 0.6) is 6.01 Å². The van der Waals surface area contributed by atoms with Gasteiger partial charge in [0.2, 0.25) is 11.9 Å². The number of benzene rings is 1. The third-order valence-corrected chi connectivity index (χ3v) is 2.84. The summed E-state index contributed by atoms with van der Waals surface area (Å²) < 4.78 is 79.8. The summed E-state index contributed by atoms with van der Waals surface area (Å²) in [5.74, 6) is -0.365. The van der Waals surface area contributed by atoms with E-state index in [0.717, 1.165) is 12.1 Å². The Morgan fingerprint density at radius 1 is 1.00 bits per heavy atom. The number of hydrogen-bond donors (Lipinski definition) is 2. The first-order valence-corrected chi connectivity index (χ1v) is 7.59. The van der Waals surface area contributed by atoms with Crippen molar-refractivity contribution in [3.8, 4) is 6.01 Å². The van der Waals surface area contributed by atoms with E-state index in [2.05, 4.69) is 30.3 Å². The highest BCUT2D eigenvalue weighted by Crippen LogP contribution is 2.31. The van der Waals surface area contributed by atoms with Crippen molar-refractivity contribution in [2.45, 2.75) is 32.2 Å². The molecule has 0 fully saturated rings. The molecule has 0 aliphatic carbocycles. The molecule has 0 aliphatic rings. The Bertz CT molecular complexity index is 778. The number of alkyl halides is 6. The largest absolute Gasteiger partial charge is 0.454 e. The molecular weight excluding hydrogens is 380 g/mol. The number of ether oxygens (including phenoxy) is 1. The number of halogens is 6. The van der Waals surface area contributed by atoms with Gasteiger partial charge < -0.3 is 15.4 Å². The van der Waals surface area contributed by atoms with E-state index < -0.39 is 30.5 Å². The lowest BCUT2D eigenvalue weighted by atomic mass is 10.2. The molecule has 0 saturated heterocycles. The fourth-order valence-electron chi connectivity index (χ4n) is 1.85. The fourth-order valence-corrected chi connectivity index (χ4v) is 1.85. The van der Waals surface area contributed by atoms with Crippen LogP contribution in [0.1, 0.15) is 19.4 Å². The zero-order chi connectivity index (χ0) is 20.2. The van der Waals surface area contributed by atoms with Gasteiger partial charge in [0.25, 0.3) is 0 Å². The average molecular weight is 395 g/mol. The van der Waals surface area contributed by atoms with Gasteiger partial charge in [-0.1, -0.05) is 6.07 Å². The SMILES string of the molecule is CC(C)Nc1nc(Nc2cccc(C(F)(F)F)c2)nc(OCC(F)(F)F)n1. The predicted octanol–water partition coefficient (Wildman–Crippen LogP) is 4.40. The predicted molar refractivity (Wildman–Crippen MR) is 84.9 cm³/mol. The number of rotatable bonds is 6. The van der Waals surface area contributed by atoms with Gasteiger partial charge in [0.1, 0.15) is 0 Å². The molecule has 27 heavy (non-hydrogen) atoms. The molecule has 1 heterocycles. The monoisotopic (exact) mass is 395 g/mol. The topological polar surface area (TPSA) is 72.0 Å². The minimum absolute atomic E-state index is 0.00621. The number of nitrogens with zero attached hydrogens (tertiary/aromatic N) is 3. The van der Waals surface area contributed by atoms with Crippen molar-refractivity contribution in [1.82, 2.24) is 15.0 Å². The van der Waals surface area contributed by atoms with Crippen LogP contribution >= 0.6 is 0 Å². The van der Waals surface area contributed by atoms with E-state index in [4.69, 9.17) is 0 Å². The quantitative estimate of drug-likeness (QED) is 0.707.